The van der Waals surface area contributed by atoms with Crippen molar-refractivity contribution in [3.63, 3.8) is 0 Å². The zero-order chi connectivity index (χ0) is 13.4. The van der Waals surface area contributed by atoms with E-state index < -0.39 is 0 Å². The Morgan fingerprint density at radius 1 is 1.39 bits per heavy atom. The van der Waals surface area contributed by atoms with Crippen LogP contribution in [0.3, 0.4) is 0 Å². The summed E-state index contributed by atoms with van der Waals surface area (Å²) in [6, 6.07) is 5.86. The van der Waals surface area contributed by atoms with Crippen LogP contribution in [0.4, 0.5) is 5.69 Å². The van der Waals surface area contributed by atoms with E-state index in [9.17, 15) is 0 Å². The largest absolute Gasteiger partial charge is 0.495 e. The Morgan fingerprint density at radius 2 is 2.17 bits per heavy atom. The van der Waals surface area contributed by atoms with Crippen molar-refractivity contribution in [1.82, 2.24) is 0 Å². The maximum absolute atomic E-state index is 5.98. The van der Waals surface area contributed by atoms with Crippen LogP contribution in [0.15, 0.2) is 18.2 Å². The van der Waals surface area contributed by atoms with Crippen molar-refractivity contribution >= 4 is 17.3 Å². The number of nitrogens with two attached hydrogens (primary N) is 1. The molecule has 0 amide bonds. The molecule has 1 aromatic rings. The van der Waals surface area contributed by atoms with E-state index in [-0.39, 0.29) is 6.04 Å². The molecule has 0 bridgehead atoms. The van der Waals surface area contributed by atoms with Crippen molar-refractivity contribution in [3.8, 4) is 5.75 Å². The lowest BCUT2D eigenvalue weighted by molar-refractivity contribution is 0.182. The Bertz CT molecular complexity index is 361. The van der Waals surface area contributed by atoms with Crippen LogP contribution in [0.5, 0.6) is 5.75 Å². The molecule has 0 saturated carbocycles. The SMILES string of the molecule is COCC(CCCN)Nc1ccc(Cl)c(OC)c1. The molecular formula is C13H21ClN2O2. The van der Waals surface area contributed by atoms with Gasteiger partial charge in [-0.1, -0.05) is 11.6 Å². The molecule has 0 aromatic heterocycles. The van der Waals surface area contributed by atoms with Crippen LogP contribution in [0.25, 0.3) is 0 Å². The molecular weight excluding hydrogens is 252 g/mol. The number of rotatable bonds is 8. The molecule has 0 heterocycles. The van der Waals surface area contributed by atoms with Crippen LogP contribution < -0.4 is 15.8 Å². The fraction of sp³-hybridized carbons (Fsp3) is 0.538. The molecule has 1 rings (SSSR count). The Morgan fingerprint density at radius 3 is 2.78 bits per heavy atom. The number of hydrogen-bond acceptors (Lipinski definition) is 4. The van der Waals surface area contributed by atoms with Gasteiger partial charge in [0.05, 0.1) is 18.7 Å². The van der Waals surface area contributed by atoms with E-state index in [1.165, 1.54) is 0 Å². The highest BCUT2D eigenvalue weighted by molar-refractivity contribution is 6.32. The monoisotopic (exact) mass is 272 g/mol. The first kappa shape index (κ1) is 15.1. The fourth-order valence-corrected chi connectivity index (χ4v) is 1.94. The Kier molecular flexibility index (Phi) is 6.86. The van der Waals surface area contributed by atoms with Crippen molar-refractivity contribution in [2.45, 2.75) is 18.9 Å². The van der Waals surface area contributed by atoms with Gasteiger partial charge >= 0.3 is 0 Å². The van der Waals surface area contributed by atoms with Crippen LogP contribution in [-0.2, 0) is 4.74 Å². The highest BCUT2D eigenvalue weighted by atomic mass is 35.5. The van der Waals surface area contributed by atoms with Gasteiger partial charge in [-0.15, -0.1) is 0 Å². The van der Waals surface area contributed by atoms with Crippen molar-refractivity contribution < 1.29 is 9.47 Å². The van der Waals surface area contributed by atoms with E-state index in [0.29, 0.717) is 23.9 Å². The number of ether oxygens (including phenoxy) is 2. The molecule has 1 aromatic carbocycles. The number of benzene rings is 1. The predicted molar refractivity (Wildman–Crippen MR) is 75.6 cm³/mol. The number of anilines is 1. The number of nitrogens with one attached hydrogen (secondary N) is 1. The maximum Gasteiger partial charge on any atom is 0.139 e. The van der Waals surface area contributed by atoms with Gasteiger partial charge in [-0.05, 0) is 31.5 Å². The van der Waals surface area contributed by atoms with Gasteiger partial charge in [-0.25, -0.2) is 0 Å². The molecule has 0 aliphatic rings. The van der Waals surface area contributed by atoms with Crippen molar-refractivity contribution in [2.24, 2.45) is 5.73 Å². The maximum atomic E-state index is 5.98. The lowest BCUT2D eigenvalue weighted by Crippen LogP contribution is -2.25. The number of hydrogen-bond donors (Lipinski definition) is 2. The Balaban J connectivity index is 2.67. The number of halogens is 1. The molecule has 0 radical (unpaired) electrons. The van der Waals surface area contributed by atoms with Crippen LogP contribution in [0, 0.1) is 0 Å². The summed E-state index contributed by atoms with van der Waals surface area (Å²) in [5.41, 5.74) is 6.49. The standard InChI is InChI=1S/C13H21ClN2O2/c1-17-9-11(4-3-7-15)16-10-5-6-12(14)13(8-10)18-2/h5-6,8,11,16H,3-4,7,9,15H2,1-2H3. The molecule has 0 saturated heterocycles. The molecule has 0 spiro atoms. The molecule has 102 valence electrons. The average Bonchev–Trinajstić information content (AvgIpc) is 2.38. The van der Waals surface area contributed by atoms with Crippen molar-refractivity contribution in [2.75, 3.05) is 32.7 Å². The highest BCUT2D eigenvalue weighted by Crippen LogP contribution is 2.27. The van der Waals surface area contributed by atoms with E-state index in [4.69, 9.17) is 26.8 Å². The van der Waals surface area contributed by atoms with Gasteiger partial charge < -0.3 is 20.5 Å². The first-order valence-electron chi connectivity index (χ1n) is 6.00. The summed E-state index contributed by atoms with van der Waals surface area (Å²) in [7, 11) is 3.30. The molecule has 0 aliphatic carbocycles. The summed E-state index contributed by atoms with van der Waals surface area (Å²) < 4.78 is 10.4. The lowest BCUT2D eigenvalue weighted by Gasteiger charge is -2.19. The van der Waals surface area contributed by atoms with Gasteiger partial charge in [-0.2, -0.15) is 0 Å². The van der Waals surface area contributed by atoms with Gasteiger partial charge in [-0.3, -0.25) is 0 Å². The van der Waals surface area contributed by atoms with Gasteiger partial charge in [0.25, 0.3) is 0 Å². The number of methoxy groups -OCH3 is 2. The van der Waals surface area contributed by atoms with E-state index >= 15 is 0 Å². The normalized spacial score (nSPS) is 12.2. The van der Waals surface area contributed by atoms with Crippen LogP contribution in [0.2, 0.25) is 5.02 Å². The summed E-state index contributed by atoms with van der Waals surface area (Å²) in [5.74, 6) is 0.664. The molecule has 4 nitrogen and oxygen atoms in total. The minimum atomic E-state index is 0.240. The molecule has 18 heavy (non-hydrogen) atoms. The minimum Gasteiger partial charge on any atom is -0.495 e. The van der Waals surface area contributed by atoms with E-state index in [2.05, 4.69) is 5.32 Å². The van der Waals surface area contributed by atoms with Crippen LogP contribution >= 0.6 is 11.6 Å². The van der Waals surface area contributed by atoms with Gasteiger partial charge in [0.1, 0.15) is 5.75 Å². The molecule has 3 N–H and O–H groups in total. The molecule has 5 heteroatoms. The fourth-order valence-electron chi connectivity index (χ4n) is 1.75. The predicted octanol–water partition coefficient (Wildman–Crippen LogP) is 2.51. The summed E-state index contributed by atoms with van der Waals surface area (Å²) >= 11 is 5.98. The molecule has 0 fully saturated rings. The molecule has 1 unspecified atom stereocenters. The zero-order valence-electron chi connectivity index (χ0n) is 10.9. The third-order valence-electron chi connectivity index (χ3n) is 2.65. The zero-order valence-corrected chi connectivity index (χ0v) is 11.7. The Labute approximate surface area is 113 Å². The van der Waals surface area contributed by atoms with Crippen molar-refractivity contribution in [3.05, 3.63) is 23.2 Å². The van der Waals surface area contributed by atoms with E-state index in [0.717, 1.165) is 18.5 Å². The Hall–Kier alpha value is -0.970. The third kappa shape index (κ3) is 4.72. The third-order valence-corrected chi connectivity index (χ3v) is 2.96. The smallest absolute Gasteiger partial charge is 0.139 e. The lowest BCUT2D eigenvalue weighted by atomic mass is 10.1. The minimum absolute atomic E-state index is 0.240. The van der Waals surface area contributed by atoms with Gasteiger partial charge in [0.15, 0.2) is 0 Å². The summed E-state index contributed by atoms with van der Waals surface area (Å²) in [4.78, 5) is 0. The summed E-state index contributed by atoms with van der Waals surface area (Å²) in [6.07, 6.45) is 1.93. The molecule has 0 aliphatic heterocycles. The summed E-state index contributed by atoms with van der Waals surface area (Å²) in [5, 5.41) is 4.00. The van der Waals surface area contributed by atoms with E-state index in [1.54, 1.807) is 14.2 Å². The molecule has 1 atom stereocenters. The highest BCUT2D eigenvalue weighted by Gasteiger charge is 2.09. The van der Waals surface area contributed by atoms with E-state index in [1.807, 2.05) is 18.2 Å². The van der Waals surface area contributed by atoms with Crippen molar-refractivity contribution in [1.29, 1.82) is 0 Å². The van der Waals surface area contributed by atoms with Gasteiger partial charge in [0, 0.05) is 24.9 Å². The average molecular weight is 273 g/mol. The van der Waals surface area contributed by atoms with Crippen LogP contribution in [0.1, 0.15) is 12.8 Å². The quantitative estimate of drug-likeness (QED) is 0.764. The topological polar surface area (TPSA) is 56.5 Å². The second kappa shape index (κ2) is 8.19. The second-order valence-electron chi connectivity index (χ2n) is 4.08. The second-order valence-corrected chi connectivity index (χ2v) is 4.48. The van der Waals surface area contributed by atoms with Crippen LogP contribution in [-0.4, -0.2) is 33.4 Å². The first-order valence-corrected chi connectivity index (χ1v) is 6.38. The summed E-state index contributed by atoms with van der Waals surface area (Å²) in [6.45, 7) is 1.33. The first-order chi connectivity index (χ1) is 8.71. The van der Waals surface area contributed by atoms with Gasteiger partial charge in [0.2, 0.25) is 0 Å².